The van der Waals surface area contributed by atoms with E-state index in [2.05, 4.69) is 15.6 Å². The van der Waals surface area contributed by atoms with Gasteiger partial charge in [-0.2, -0.15) is 0 Å². The van der Waals surface area contributed by atoms with Gasteiger partial charge in [-0.05, 0) is 37.4 Å². The van der Waals surface area contributed by atoms with Crippen molar-refractivity contribution in [3.05, 3.63) is 28.1 Å². The Morgan fingerprint density at radius 3 is 2.96 bits per heavy atom. The van der Waals surface area contributed by atoms with Gasteiger partial charge in [-0.25, -0.2) is 4.98 Å². The van der Waals surface area contributed by atoms with Crippen LogP contribution in [0.1, 0.15) is 19.3 Å². The molecule has 0 atom stereocenters. The number of carbonyl (C=O) groups is 1. The number of ether oxygens (including phenoxy) is 1. The molecule has 26 heavy (non-hydrogen) atoms. The zero-order valence-corrected chi connectivity index (χ0v) is 16.5. The number of thiophene rings is 1. The maximum Gasteiger partial charge on any atom is 0.262 e. The highest BCUT2D eigenvalue weighted by atomic mass is 35.5. The van der Waals surface area contributed by atoms with Crippen LogP contribution < -0.4 is 16.2 Å². The first-order valence-corrected chi connectivity index (χ1v) is 9.40. The highest BCUT2D eigenvalue weighted by molar-refractivity contribution is 7.16. The smallest absolute Gasteiger partial charge is 0.262 e. The summed E-state index contributed by atoms with van der Waals surface area (Å²) in [4.78, 5) is 29.5. The second kappa shape index (κ2) is 9.45. The lowest BCUT2D eigenvalue weighted by atomic mass is 9.79. The minimum atomic E-state index is -0.0896. The molecule has 1 fully saturated rings. The number of fused-ring (bicyclic) bond motifs is 1. The maximum absolute atomic E-state index is 12.3. The molecule has 0 bridgehead atoms. The molecule has 7 nitrogen and oxygen atoms in total. The van der Waals surface area contributed by atoms with Gasteiger partial charge in [0.2, 0.25) is 5.91 Å². The predicted molar refractivity (Wildman–Crippen MR) is 105 cm³/mol. The normalized spacial score (nSPS) is 16.2. The third-order valence-electron chi connectivity index (χ3n) is 4.81. The topological polar surface area (TPSA) is 85.2 Å². The number of amides is 1. The third-order valence-corrected chi connectivity index (χ3v) is 5.63. The molecule has 0 saturated carbocycles. The molecule has 1 aliphatic rings. The largest absolute Gasteiger partial charge is 0.384 e. The minimum absolute atomic E-state index is 0. The van der Waals surface area contributed by atoms with Crippen molar-refractivity contribution < 1.29 is 9.53 Å². The Kier molecular flexibility index (Phi) is 7.57. The van der Waals surface area contributed by atoms with Gasteiger partial charge in [-0.3, -0.25) is 14.2 Å². The van der Waals surface area contributed by atoms with Crippen LogP contribution in [0.15, 0.2) is 22.6 Å². The van der Waals surface area contributed by atoms with Gasteiger partial charge in [0, 0.05) is 32.0 Å². The number of halogens is 1. The molecule has 0 spiro atoms. The van der Waals surface area contributed by atoms with E-state index in [0.717, 1.165) is 30.8 Å². The number of piperidine rings is 1. The Morgan fingerprint density at radius 1 is 1.46 bits per heavy atom. The van der Waals surface area contributed by atoms with Crippen molar-refractivity contribution in [3.63, 3.8) is 0 Å². The number of aromatic nitrogens is 2. The molecule has 144 valence electrons. The zero-order chi connectivity index (χ0) is 17.7. The van der Waals surface area contributed by atoms with Crippen molar-refractivity contribution in [1.29, 1.82) is 0 Å². The predicted octanol–water partition coefficient (Wildman–Crippen LogP) is 1.40. The molecule has 1 amide bonds. The van der Waals surface area contributed by atoms with Crippen LogP contribution in [0, 0.1) is 5.41 Å². The van der Waals surface area contributed by atoms with E-state index in [1.54, 1.807) is 13.2 Å². The number of hydrogen-bond donors (Lipinski definition) is 2. The van der Waals surface area contributed by atoms with E-state index in [1.165, 1.54) is 22.2 Å². The standard InChI is InChI=1S/C17H24N4O3S.ClH/c1-24-11-17(4-6-18-7-5-17)10-19-14(22)2-8-21-12-20-15-13(16(21)23)3-9-25-15;/h3,9,12,18H,2,4-8,10-11H2,1H3,(H,19,22);1H. The molecule has 0 unspecified atom stereocenters. The van der Waals surface area contributed by atoms with Crippen LogP contribution in [-0.4, -0.2) is 48.8 Å². The van der Waals surface area contributed by atoms with Crippen LogP contribution in [-0.2, 0) is 16.1 Å². The molecule has 1 saturated heterocycles. The van der Waals surface area contributed by atoms with E-state index in [9.17, 15) is 9.59 Å². The third kappa shape index (κ3) is 4.82. The molecular weight excluding hydrogens is 376 g/mol. The number of carbonyl (C=O) groups excluding carboxylic acids is 1. The lowest BCUT2D eigenvalue weighted by Gasteiger charge is -2.37. The Hall–Kier alpha value is -1.48. The molecule has 0 aliphatic carbocycles. The summed E-state index contributed by atoms with van der Waals surface area (Å²) in [5, 5.41) is 8.82. The van der Waals surface area contributed by atoms with E-state index in [0.29, 0.717) is 25.1 Å². The van der Waals surface area contributed by atoms with Crippen LogP contribution in [0.3, 0.4) is 0 Å². The van der Waals surface area contributed by atoms with Crippen LogP contribution in [0.5, 0.6) is 0 Å². The fraction of sp³-hybridized carbons (Fsp3) is 0.588. The average molecular weight is 401 g/mol. The number of nitrogens with one attached hydrogen (secondary N) is 2. The van der Waals surface area contributed by atoms with Crippen molar-refractivity contribution in [1.82, 2.24) is 20.2 Å². The van der Waals surface area contributed by atoms with E-state index >= 15 is 0 Å². The summed E-state index contributed by atoms with van der Waals surface area (Å²) in [6.45, 7) is 3.48. The molecule has 1 aliphatic heterocycles. The van der Waals surface area contributed by atoms with Gasteiger partial charge in [0.15, 0.2) is 0 Å². The lowest BCUT2D eigenvalue weighted by Crippen LogP contribution is -2.47. The fourth-order valence-electron chi connectivity index (χ4n) is 3.28. The molecule has 2 aromatic heterocycles. The molecule has 3 rings (SSSR count). The Balaban J connectivity index is 0.00000243. The van der Waals surface area contributed by atoms with Crippen molar-refractivity contribution in [3.8, 4) is 0 Å². The second-order valence-electron chi connectivity index (χ2n) is 6.59. The molecular formula is C17H25ClN4O3S. The van der Waals surface area contributed by atoms with Gasteiger partial charge in [-0.15, -0.1) is 23.7 Å². The molecule has 0 radical (unpaired) electrons. The summed E-state index contributed by atoms with van der Waals surface area (Å²) in [5.74, 6) is -0.0497. The van der Waals surface area contributed by atoms with Gasteiger partial charge < -0.3 is 15.4 Å². The van der Waals surface area contributed by atoms with E-state index in [-0.39, 0.29) is 35.7 Å². The van der Waals surface area contributed by atoms with E-state index < -0.39 is 0 Å². The van der Waals surface area contributed by atoms with Crippen molar-refractivity contribution in [2.24, 2.45) is 5.41 Å². The Labute approximate surface area is 162 Å². The zero-order valence-electron chi connectivity index (χ0n) is 14.8. The monoisotopic (exact) mass is 400 g/mol. The lowest BCUT2D eigenvalue weighted by molar-refractivity contribution is -0.122. The number of hydrogen-bond acceptors (Lipinski definition) is 6. The summed E-state index contributed by atoms with van der Waals surface area (Å²) < 4.78 is 6.87. The summed E-state index contributed by atoms with van der Waals surface area (Å²) in [5.41, 5.74) is -0.0860. The quantitative estimate of drug-likeness (QED) is 0.733. The van der Waals surface area contributed by atoms with Crippen molar-refractivity contribution in [2.45, 2.75) is 25.8 Å². The Bertz CT molecular complexity index is 780. The first-order chi connectivity index (χ1) is 12.1. The summed E-state index contributed by atoms with van der Waals surface area (Å²) in [6, 6.07) is 1.78. The van der Waals surface area contributed by atoms with E-state index in [4.69, 9.17) is 4.74 Å². The van der Waals surface area contributed by atoms with Crippen molar-refractivity contribution >= 4 is 39.9 Å². The number of nitrogens with zero attached hydrogens (tertiary/aromatic N) is 2. The SMILES string of the molecule is COCC1(CNC(=O)CCn2cnc3sccc3c2=O)CCNCC1.Cl. The van der Waals surface area contributed by atoms with Gasteiger partial charge in [0.1, 0.15) is 4.83 Å². The first-order valence-electron chi connectivity index (χ1n) is 8.53. The average Bonchev–Trinajstić information content (AvgIpc) is 3.10. The highest BCUT2D eigenvalue weighted by Crippen LogP contribution is 2.28. The molecule has 9 heteroatoms. The second-order valence-corrected chi connectivity index (χ2v) is 7.49. The van der Waals surface area contributed by atoms with Crippen LogP contribution in [0.2, 0.25) is 0 Å². The number of aryl methyl sites for hydroxylation is 1. The molecule has 2 aromatic rings. The van der Waals surface area contributed by atoms with Gasteiger partial charge in [0.05, 0.1) is 18.3 Å². The fourth-order valence-corrected chi connectivity index (χ4v) is 4.01. The number of rotatable bonds is 7. The van der Waals surface area contributed by atoms with Gasteiger partial charge in [-0.1, -0.05) is 0 Å². The molecule has 3 heterocycles. The van der Waals surface area contributed by atoms with Crippen molar-refractivity contribution in [2.75, 3.05) is 33.4 Å². The molecule has 0 aromatic carbocycles. The molecule has 2 N–H and O–H groups in total. The highest BCUT2D eigenvalue weighted by Gasteiger charge is 2.32. The van der Waals surface area contributed by atoms with Crippen LogP contribution in [0.25, 0.3) is 10.2 Å². The van der Waals surface area contributed by atoms with Gasteiger partial charge in [0.25, 0.3) is 5.56 Å². The first kappa shape index (κ1) is 20.8. The summed E-state index contributed by atoms with van der Waals surface area (Å²) in [7, 11) is 1.70. The summed E-state index contributed by atoms with van der Waals surface area (Å²) >= 11 is 1.44. The summed E-state index contributed by atoms with van der Waals surface area (Å²) in [6.07, 6.45) is 3.75. The minimum Gasteiger partial charge on any atom is -0.384 e. The number of methoxy groups -OCH3 is 1. The van der Waals surface area contributed by atoms with E-state index in [1.807, 2.05) is 5.38 Å². The van der Waals surface area contributed by atoms with Gasteiger partial charge >= 0.3 is 0 Å². The van der Waals surface area contributed by atoms with Crippen LogP contribution >= 0.6 is 23.7 Å². The Morgan fingerprint density at radius 2 is 2.23 bits per heavy atom. The van der Waals surface area contributed by atoms with Crippen LogP contribution in [0.4, 0.5) is 0 Å². The maximum atomic E-state index is 12.3.